The molecule has 2 aromatic rings. The molecule has 20 heavy (non-hydrogen) atoms. The van der Waals surface area contributed by atoms with Crippen LogP contribution in [0.4, 0.5) is 0 Å². The Hall–Kier alpha value is -1.91. The molecule has 0 aliphatic rings. The van der Waals surface area contributed by atoms with Gasteiger partial charge in [-0.25, -0.2) is 9.67 Å². The highest BCUT2D eigenvalue weighted by Gasteiger charge is 2.19. The quantitative estimate of drug-likeness (QED) is 0.863. The van der Waals surface area contributed by atoms with Crippen LogP contribution in [-0.2, 0) is 18.4 Å². The Morgan fingerprint density at radius 1 is 1.20 bits per heavy atom. The van der Waals surface area contributed by atoms with Gasteiger partial charge in [0, 0.05) is 23.6 Å². The lowest BCUT2D eigenvalue weighted by Gasteiger charge is -2.22. The van der Waals surface area contributed by atoms with E-state index in [0.717, 1.165) is 24.2 Å². The maximum atomic E-state index is 12.6. The van der Waals surface area contributed by atoms with E-state index in [9.17, 15) is 4.79 Å². The first-order valence-electron chi connectivity index (χ1n) is 7.04. The number of aryl methyl sites for hydroxylation is 2. The van der Waals surface area contributed by atoms with Crippen molar-refractivity contribution in [3.05, 3.63) is 40.2 Å². The second-order valence-electron chi connectivity index (χ2n) is 5.84. The standard InChI is InChI=1S/C15H22N4O/c1-6-11-10-12(7-2)19(17-11)13-14(20)18(9-8-16-13)15(3,4)5/h8-10H,6-7H2,1-5H3. The van der Waals surface area contributed by atoms with Gasteiger partial charge >= 0.3 is 0 Å². The van der Waals surface area contributed by atoms with Gasteiger partial charge in [-0.3, -0.25) is 4.79 Å². The van der Waals surface area contributed by atoms with E-state index < -0.39 is 0 Å². The van der Waals surface area contributed by atoms with Gasteiger partial charge in [0.05, 0.1) is 5.69 Å². The van der Waals surface area contributed by atoms with E-state index in [-0.39, 0.29) is 11.1 Å². The minimum absolute atomic E-state index is 0.111. The molecule has 0 aliphatic heterocycles. The summed E-state index contributed by atoms with van der Waals surface area (Å²) in [6, 6.07) is 2.04. The van der Waals surface area contributed by atoms with Gasteiger partial charge in [-0.2, -0.15) is 5.10 Å². The van der Waals surface area contributed by atoms with Crippen molar-refractivity contribution in [3.8, 4) is 5.82 Å². The van der Waals surface area contributed by atoms with Crippen LogP contribution in [0.2, 0.25) is 0 Å². The fraction of sp³-hybridized carbons (Fsp3) is 0.533. The van der Waals surface area contributed by atoms with Gasteiger partial charge in [0.15, 0.2) is 0 Å². The zero-order valence-electron chi connectivity index (χ0n) is 12.8. The van der Waals surface area contributed by atoms with Gasteiger partial charge < -0.3 is 4.57 Å². The highest BCUT2D eigenvalue weighted by Crippen LogP contribution is 2.13. The van der Waals surface area contributed by atoms with Gasteiger partial charge in [-0.15, -0.1) is 0 Å². The summed E-state index contributed by atoms with van der Waals surface area (Å²) >= 11 is 0. The molecule has 0 bridgehead atoms. The molecule has 0 fully saturated rings. The fourth-order valence-electron chi connectivity index (χ4n) is 2.16. The van der Waals surface area contributed by atoms with E-state index in [0.29, 0.717) is 5.82 Å². The predicted octanol–water partition coefficient (Wildman–Crippen LogP) is 2.31. The summed E-state index contributed by atoms with van der Waals surface area (Å²) in [7, 11) is 0. The first-order valence-corrected chi connectivity index (χ1v) is 7.04. The maximum absolute atomic E-state index is 12.6. The number of hydrogen-bond acceptors (Lipinski definition) is 3. The van der Waals surface area contributed by atoms with E-state index in [1.54, 1.807) is 21.6 Å². The molecule has 0 amide bonds. The summed E-state index contributed by atoms with van der Waals surface area (Å²) in [4.78, 5) is 16.9. The van der Waals surface area contributed by atoms with Crippen LogP contribution in [0, 0.1) is 0 Å². The van der Waals surface area contributed by atoms with Crippen molar-refractivity contribution in [2.24, 2.45) is 0 Å². The molecule has 0 saturated carbocycles. The van der Waals surface area contributed by atoms with E-state index in [1.807, 2.05) is 26.8 Å². The van der Waals surface area contributed by atoms with Crippen LogP contribution in [0.15, 0.2) is 23.3 Å². The molecule has 0 spiro atoms. The first kappa shape index (κ1) is 14.5. The van der Waals surface area contributed by atoms with Gasteiger partial charge in [-0.1, -0.05) is 13.8 Å². The van der Waals surface area contributed by atoms with Gasteiger partial charge in [0.1, 0.15) is 0 Å². The van der Waals surface area contributed by atoms with Crippen molar-refractivity contribution >= 4 is 0 Å². The Morgan fingerprint density at radius 3 is 2.45 bits per heavy atom. The predicted molar refractivity (Wildman–Crippen MR) is 79.4 cm³/mol. The highest BCUT2D eigenvalue weighted by atomic mass is 16.1. The van der Waals surface area contributed by atoms with Crippen molar-refractivity contribution < 1.29 is 0 Å². The summed E-state index contributed by atoms with van der Waals surface area (Å²) in [5.41, 5.74) is 1.61. The molecule has 0 N–H and O–H groups in total. The minimum atomic E-state index is -0.276. The maximum Gasteiger partial charge on any atom is 0.296 e. The fourth-order valence-corrected chi connectivity index (χ4v) is 2.16. The molecule has 2 aromatic heterocycles. The van der Waals surface area contributed by atoms with E-state index in [4.69, 9.17) is 0 Å². The normalized spacial score (nSPS) is 11.8. The summed E-state index contributed by atoms with van der Waals surface area (Å²) < 4.78 is 3.38. The van der Waals surface area contributed by atoms with Crippen molar-refractivity contribution in [1.82, 2.24) is 19.3 Å². The number of rotatable bonds is 3. The highest BCUT2D eigenvalue weighted by molar-refractivity contribution is 5.24. The smallest absolute Gasteiger partial charge is 0.296 e. The van der Waals surface area contributed by atoms with Crippen LogP contribution in [-0.4, -0.2) is 19.3 Å². The Bertz CT molecular complexity index is 661. The Morgan fingerprint density at radius 2 is 1.90 bits per heavy atom. The topological polar surface area (TPSA) is 52.7 Å². The van der Waals surface area contributed by atoms with Crippen LogP contribution < -0.4 is 5.56 Å². The largest absolute Gasteiger partial charge is 0.305 e. The molecule has 0 aromatic carbocycles. The van der Waals surface area contributed by atoms with Gasteiger partial charge in [0.2, 0.25) is 5.82 Å². The van der Waals surface area contributed by atoms with E-state index in [2.05, 4.69) is 23.9 Å². The second-order valence-corrected chi connectivity index (χ2v) is 5.84. The van der Waals surface area contributed by atoms with Gasteiger partial charge in [0.25, 0.3) is 5.56 Å². The third-order valence-corrected chi connectivity index (χ3v) is 3.30. The van der Waals surface area contributed by atoms with Crippen LogP contribution in [0.1, 0.15) is 46.0 Å². The minimum Gasteiger partial charge on any atom is -0.305 e. The Balaban J connectivity index is 2.65. The molecular formula is C15H22N4O. The van der Waals surface area contributed by atoms with Crippen LogP contribution >= 0.6 is 0 Å². The lowest BCUT2D eigenvalue weighted by atomic mass is 10.1. The van der Waals surface area contributed by atoms with Crippen LogP contribution in [0.5, 0.6) is 0 Å². The molecule has 2 rings (SSSR count). The summed E-state index contributed by atoms with van der Waals surface area (Å²) in [5, 5.41) is 4.49. The van der Waals surface area contributed by atoms with Crippen molar-refractivity contribution in [2.45, 2.75) is 53.0 Å². The van der Waals surface area contributed by atoms with Crippen LogP contribution in [0.3, 0.4) is 0 Å². The molecule has 0 radical (unpaired) electrons. The number of aromatic nitrogens is 4. The lowest BCUT2D eigenvalue weighted by molar-refractivity contribution is 0.380. The Labute approximate surface area is 119 Å². The third kappa shape index (κ3) is 2.53. The van der Waals surface area contributed by atoms with Crippen molar-refractivity contribution in [3.63, 3.8) is 0 Å². The monoisotopic (exact) mass is 274 g/mol. The molecule has 5 nitrogen and oxygen atoms in total. The first-order chi connectivity index (χ1) is 9.38. The molecule has 0 saturated heterocycles. The molecular weight excluding hydrogens is 252 g/mol. The molecule has 0 atom stereocenters. The lowest BCUT2D eigenvalue weighted by Crippen LogP contribution is -2.36. The van der Waals surface area contributed by atoms with E-state index in [1.165, 1.54) is 0 Å². The van der Waals surface area contributed by atoms with Crippen molar-refractivity contribution in [1.29, 1.82) is 0 Å². The zero-order valence-corrected chi connectivity index (χ0v) is 12.8. The average molecular weight is 274 g/mol. The average Bonchev–Trinajstić information content (AvgIpc) is 2.80. The molecule has 108 valence electrons. The number of nitrogens with zero attached hydrogens (tertiary/aromatic N) is 4. The molecule has 0 unspecified atom stereocenters. The summed E-state index contributed by atoms with van der Waals surface area (Å²) in [6.45, 7) is 10.1. The van der Waals surface area contributed by atoms with Crippen LogP contribution in [0.25, 0.3) is 5.82 Å². The summed E-state index contributed by atoms with van der Waals surface area (Å²) in [6.07, 6.45) is 5.05. The molecule has 0 aliphatic carbocycles. The van der Waals surface area contributed by atoms with Gasteiger partial charge in [-0.05, 0) is 39.7 Å². The molecule has 2 heterocycles. The zero-order chi connectivity index (χ0) is 14.9. The Kier molecular flexibility index (Phi) is 3.79. The molecule has 5 heteroatoms. The van der Waals surface area contributed by atoms with Crippen molar-refractivity contribution in [2.75, 3.05) is 0 Å². The SMILES string of the molecule is CCc1cc(CC)n(-c2nccn(C(C)(C)C)c2=O)n1. The van der Waals surface area contributed by atoms with E-state index >= 15 is 0 Å². The summed E-state index contributed by atoms with van der Waals surface area (Å²) in [5.74, 6) is 0.374. The second kappa shape index (κ2) is 5.23. The number of hydrogen-bond donors (Lipinski definition) is 0. The third-order valence-electron chi connectivity index (χ3n) is 3.30.